The molecule has 144 valence electrons. The standard InChI is InChI=1S/C17H25N3O5S/c1-13(2)8-9-16(22)18-14-6-5-10-19(12-15(14)21)26(24,25)17-7-3-4-11-20(17)23/h3-4,7,11,13-14H,5-6,8-10,12H2,1-2H3,(H,18,22)/t14-/m0/s1/i12D,14D/t12?,14-. The third-order valence-electron chi connectivity index (χ3n) is 3.96. The van der Waals surface area contributed by atoms with Crippen LogP contribution in [0.15, 0.2) is 29.4 Å². The molecule has 26 heavy (non-hydrogen) atoms. The molecule has 0 aliphatic carbocycles. The van der Waals surface area contributed by atoms with E-state index < -0.39 is 39.3 Å². The molecule has 0 spiro atoms. The van der Waals surface area contributed by atoms with Gasteiger partial charge in [-0.1, -0.05) is 13.8 Å². The number of aromatic nitrogens is 1. The van der Waals surface area contributed by atoms with E-state index in [1.807, 2.05) is 13.8 Å². The summed E-state index contributed by atoms with van der Waals surface area (Å²) in [6.45, 7) is 1.74. The Labute approximate surface area is 156 Å². The van der Waals surface area contributed by atoms with E-state index in [1.54, 1.807) is 0 Å². The first-order chi connectivity index (χ1) is 13.0. The van der Waals surface area contributed by atoms with Crippen molar-refractivity contribution in [2.45, 2.75) is 50.6 Å². The van der Waals surface area contributed by atoms with Crippen molar-refractivity contribution in [2.24, 2.45) is 5.92 Å². The highest BCUT2D eigenvalue weighted by atomic mass is 32.2. The lowest BCUT2D eigenvalue weighted by molar-refractivity contribution is -0.646. The Bertz CT molecular complexity index is 849. The zero-order chi connectivity index (χ0) is 21.1. The topological polar surface area (TPSA) is 110 Å². The monoisotopic (exact) mass is 385 g/mol. The fourth-order valence-electron chi connectivity index (χ4n) is 2.50. The van der Waals surface area contributed by atoms with Crippen molar-refractivity contribution >= 4 is 21.7 Å². The van der Waals surface area contributed by atoms with E-state index in [1.165, 1.54) is 12.1 Å². The molecule has 9 heteroatoms. The second-order valence-electron chi connectivity index (χ2n) is 6.54. The Kier molecular flexibility index (Phi) is 5.75. The molecule has 1 aliphatic heterocycles. The number of hydrogen-bond donors (Lipinski definition) is 1. The molecule has 1 unspecified atom stereocenters. The number of rotatable bonds is 6. The largest absolute Gasteiger partial charge is 0.618 e. The van der Waals surface area contributed by atoms with Gasteiger partial charge < -0.3 is 10.5 Å². The molecule has 1 N–H and O–H groups in total. The average molecular weight is 385 g/mol. The molecule has 0 aromatic carbocycles. The van der Waals surface area contributed by atoms with Gasteiger partial charge in [0.1, 0.15) is 0 Å². The van der Waals surface area contributed by atoms with E-state index in [0.717, 1.165) is 12.3 Å². The van der Waals surface area contributed by atoms with E-state index in [4.69, 9.17) is 2.74 Å². The first-order valence-electron chi connectivity index (χ1n) is 9.54. The van der Waals surface area contributed by atoms with Crippen LogP contribution in [0.1, 0.15) is 42.3 Å². The Hall–Kier alpha value is -2.00. The molecule has 1 amide bonds. The average Bonchev–Trinajstić information content (AvgIpc) is 2.72. The molecule has 2 rings (SSSR count). The van der Waals surface area contributed by atoms with Gasteiger partial charge in [0.25, 0.3) is 0 Å². The van der Waals surface area contributed by atoms with Gasteiger partial charge in [0.15, 0.2) is 12.0 Å². The maximum absolute atomic E-state index is 12.8. The number of nitrogens with one attached hydrogen (secondary N) is 1. The highest BCUT2D eigenvalue weighted by molar-refractivity contribution is 7.89. The number of hydrogen-bond acceptors (Lipinski definition) is 5. The van der Waals surface area contributed by atoms with E-state index in [0.29, 0.717) is 10.7 Å². The number of carbonyl (C=O) groups is 2. The van der Waals surface area contributed by atoms with Crippen LogP contribution < -0.4 is 10.0 Å². The Balaban J connectivity index is 2.25. The predicted molar refractivity (Wildman–Crippen MR) is 94.4 cm³/mol. The van der Waals surface area contributed by atoms with Gasteiger partial charge >= 0.3 is 15.0 Å². The van der Waals surface area contributed by atoms with Crippen molar-refractivity contribution in [2.75, 3.05) is 13.1 Å². The minimum atomic E-state index is -4.42. The lowest BCUT2D eigenvalue weighted by Crippen LogP contribution is -2.46. The molecular formula is C17H25N3O5S. The molecule has 1 saturated heterocycles. The van der Waals surface area contributed by atoms with Gasteiger partial charge in [0.05, 0.1) is 15.3 Å². The molecular weight excluding hydrogens is 358 g/mol. The van der Waals surface area contributed by atoms with Crippen molar-refractivity contribution in [1.82, 2.24) is 9.62 Å². The molecule has 0 radical (unpaired) electrons. The normalized spacial score (nSPS) is 26.1. The summed E-state index contributed by atoms with van der Waals surface area (Å²) in [5.41, 5.74) is 0. The lowest BCUT2D eigenvalue weighted by atomic mass is 10.1. The minimum absolute atomic E-state index is 0.0833. The van der Waals surface area contributed by atoms with Crippen molar-refractivity contribution in [3.8, 4) is 0 Å². The van der Waals surface area contributed by atoms with Crippen LogP contribution in [0.4, 0.5) is 0 Å². The molecule has 1 fully saturated rings. The fraction of sp³-hybridized carbons (Fsp3) is 0.588. The van der Waals surface area contributed by atoms with Crippen molar-refractivity contribution in [1.29, 1.82) is 0 Å². The number of nitrogens with zero attached hydrogens (tertiary/aromatic N) is 2. The highest BCUT2D eigenvalue weighted by Gasteiger charge is 2.36. The molecule has 1 aromatic rings. The van der Waals surface area contributed by atoms with E-state index in [2.05, 4.69) is 5.32 Å². The van der Waals surface area contributed by atoms with Crippen LogP contribution >= 0.6 is 0 Å². The van der Waals surface area contributed by atoms with Gasteiger partial charge in [-0.15, -0.1) is 0 Å². The van der Waals surface area contributed by atoms with Crippen LogP contribution in [0, 0.1) is 11.1 Å². The fourth-order valence-corrected chi connectivity index (χ4v) is 3.89. The molecule has 2 atom stereocenters. The van der Waals surface area contributed by atoms with Gasteiger partial charge in [0.2, 0.25) is 5.91 Å². The summed E-state index contributed by atoms with van der Waals surface area (Å²) in [7, 11) is -4.42. The van der Waals surface area contributed by atoms with Gasteiger partial charge in [-0.3, -0.25) is 9.59 Å². The second kappa shape index (κ2) is 8.59. The number of carbonyl (C=O) groups excluding carboxylic acids is 2. The van der Waals surface area contributed by atoms with Crippen LogP contribution in [-0.4, -0.2) is 43.5 Å². The van der Waals surface area contributed by atoms with Crippen LogP contribution in [0.2, 0.25) is 0 Å². The maximum atomic E-state index is 12.8. The summed E-state index contributed by atoms with van der Waals surface area (Å²) < 4.78 is 42.9. The summed E-state index contributed by atoms with van der Waals surface area (Å²) >= 11 is 0. The van der Waals surface area contributed by atoms with Gasteiger partial charge in [0, 0.05) is 25.1 Å². The maximum Gasteiger partial charge on any atom is 0.323 e. The smallest absolute Gasteiger partial charge is 0.323 e. The van der Waals surface area contributed by atoms with E-state index in [-0.39, 0.29) is 36.5 Å². The second-order valence-corrected chi connectivity index (χ2v) is 8.37. The molecule has 0 saturated carbocycles. The van der Waals surface area contributed by atoms with Gasteiger partial charge in [-0.05, 0) is 31.2 Å². The van der Waals surface area contributed by atoms with E-state index >= 15 is 0 Å². The number of Topliss-reactive ketones (excluding diaryl/α,β-unsaturated/α-hetero) is 1. The SMILES string of the molecule is [2H]C1C(=O)[C@@]([2H])(NC(=O)CCC(C)C)CCCN1S(=O)(=O)c1cccc[n+]1[O-]. The number of amides is 1. The molecule has 0 bridgehead atoms. The zero-order valence-electron chi connectivity index (χ0n) is 16.8. The van der Waals surface area contributed by atoms with Crippen LogP contribution in [0.3, 0.4) is 0 Å². The lowest BCUT2D eigenvalue weighted by Gasteiger charge is -2.19. The first kappa shape index (κ1) is 17.4. The predicted octanol–water partition coefficient (Wildman–Crippen LogP) is 0.595. The number of pyridine rings is 1. The minimum Gasteiger partial charge on any atom is -0.618 e. The zero-order valence-corrected chi connectivity index (χ0v) is 15.7. The van der Waals surface area contributed by atoms with Crippen LogP contribution in [0.25, 0.3) is 0 Å². The summed E-state index contributed by atoms with van der Waals surface area (Å²) in [5.74, 6) is -1.26. The quantitative estimate of drug-likeness (QED) is 0.569. The molecule has 1 aliphatic rings. The van der Waals surface area contributed by atoms with Crippen LogP contribution in [-0.2, 0) is 19.6 Å². The molecule has 2 heterocycles. The van der Waals surface area contributed by atoms with Crippen molar-refractivity contribution in [3.63, 3.8) is 0 Å². The summed E-state index contributed by atoms with van der Waals surface area (Å²) in [6, 6.07) is 1.74. The van der Waals surface area contributed by atoms with Gasteiger partial charge in [-0.2, -0.15) is 9.04 Å². The summed E-state index contributed by atoms with van der Waals surface area (Å²) in [5, 5.41) is 13.6. The summed E-state index contributed by atoms with van der Waals surface area (Å²) in [4.78, 5) is 24.8. The van der Waals surface area contributed by atoms with Gasteiger partial charge in [-0.25, -0.2) is 8.42 Å². The third-order valence-corrected chi connectivity index (χ3v) is 5.71. The summed E-state index contributed by atoms with van der Waals surface area (Å²) in [6.07, 6.45) is 1.69. The highest BCUT2D eigenvalue weighted by Crippen LogP contribution is 2.17. The Morgan fingerprint density at radius 3 is 2.92 bits per heavy atom. The van der Waals surface area contributed by atoms with Crippen LogP contribution in [0.5, 0.6) is 0 Å². The first-order valence-corrected chi connectivity index (χ1v) is 9.90. The molecule has 8 nitrogen and oxygen atoms in total. The number of sulfonamides is 1. The Morgan fingerprint density at radius 1 is 1.54 bits per heavy atom. The molecule has 1 aromatic heterocycles. The van der Waals surface area contributed by atoms with E-state index in [9.17, 15) is 23.2 Å². The Morgan fingerprint density at radius 2 is 2.27 bits per heavy atom. The van der Waals surface area contributed by atoms with Crippen molar-refractivity contribution in [3.05, 3.63) is 29.6 Å². The third kappa shape index (κ3) is 5.01. The number of ketones is 1. The van der Waals surface area contributed by atoms with Crippen molar-refractivity contribution < 1.29 is 25.5 Å².